The number of phenolic OH excluding ortho intramolecular Hbond substituents is 1. The quantitative estimate of drug-likeness (QED) is 0.836. The van der Waals surface area contributed by atoms with Gasteiger partial charge < -0.3 is 9.67 Å². The first-order valence-corrected chi connectivity index (χ1v) is 7.50. The van der Waals surface area contributed by atoms with Crippen molar-refractivity contribution in [2.24, 2.45) is 0 Å². The Morgan fingerprint density at radius 1 is 1.18 bits per heavy atom. The van der Waals surface area contributed by atoms with Crippen LogP contribution >= 0.6 is 11.8 Å². The fourth-order valence-corrected chi connectivity index (χ4v) is 3.17. The first-order chi connectivity index (χ1) is 10.5. The largest absolute Gasteiger partial charge is 0.508 e. The molecule has 6 heteroatoms. The van der Waals surface area contributed by atoms with E-state index in [-0.39, 0.29) is 16.9 Å². The Balaban J connectivity index is 2.04. The number of imide groups is 1. The summed E-state index contributed by atoms with van der Waals surface area (Å²) < 4.78 is 2.03. The number of hydrogen-bond acceptors (Lipinski definition) is 4. The van der Waals surface area contributed by atoms with E-state index < -0.39 is 0 Å². The van der Waals surface area contributed by atoms with Gasteiger partial charge in [0.1, 0.15) is 5.75 Å². The van der Waals surface area contributed by atoms with E-state index in [1.54, 1.807) is 18.2 Å². The van der Waals surface area contributed by atoms with Crippen molar-refractivity contribution in [1.82, 2.24) is 9.88 Å². The summed E-state index contributed by atoms with van der Waals surface area (Å²) in [5.41, 5.74) is 3.78. The van der Waals surface area contributed by atoms with E-state index in [2.05, 4.69) is 5.32 Å². The number of rotatable bonds is 2. The number of hydrogen-bond donors (Lipinski definition) is 2. The molecule has 0 spiro atoms. The number of phenols is 1. The number of thioether (sulfide) groups is 1. The van der Waals surface area contributed by atoms with Gasteiger partial charge in [0.25, 0.3) is 11.1 Å². The molecule has 0 atom stereocenters. The maximum atomic E-state index is 11.6. The van der Waals surface area contributed by atoms with Crippen molar-refractivity contribution in [3.63, 3.8) is 0 Å². The van der Waals surface area contributed by atoms with E-state index in [4.69, 9.17) is 0 Å². The highest BCUT2D eigenvalue weighted by Crippen LogP contribution is 2.29. The van der Waals surface area contributed by atoms with Crippen LogP contribution in [0.25, 0.3) is 11.8 Å². The topological polar surface area (TPSA) is 71.3 Å². The molecule has 1 aromatic carbocycles. The van der Waals surface area contributed by atoms with Gasteiger partial charge in [0.2, 0.25) is 0 Å². The minimum Gasteiger partial charge on any atom is -0.508 e. The van der Waals surface area contributed by atoms with E-state index in [1.165, 1.54) is 0 Å². The molecule has 1 fully saturated rings. The smallest absolute Gasteiger partial charge is 0.290 e. The number of carbonyl (C=O) groups excluding carboxylic acids is 2. The number of amides is 2. The lowest BCUT2D eigenvalue weighted by Crippen LogP contribution is -2.17. The molecule has 5 nitrogen and oxygen atoms in total. The average Bonchev–Trinajstić information content (AvgIpc) is 2.92. The molecule has 0 aliphatic carbocycles. The molecule has 2 aromatic rings. The van der Waals surface area contributed by atoms with Gasteiger partial charge in [-0.2, -0.15) is 0 Å². The maximum absolute atomic E-state index is 11.6. The Morgan fingerprint density at radius 2 is 1.86 bits per heavy atom. The van der Waals surface area contributed by atoms with Crippen LogP contribution < -0.4 is 5.32 Å². The summed E-state index contributed by atoms with van der Waals surface area (Å²) in [5.74, 6) is -0.143. The molecule has 22 heavy (non-hydrogen) atoms. The Hall–Kier alpha value is -2.47. The third-order valence-electron chi connectivity index (χ3n) is 3.51. The zero-order valence-electron chi connectivity index (χ0n) is 12.1. The summed E-state index contributed by atoms with van der Waals surface area (Å²) in [6.45, 7) is 3.92. The standard InChI is InChI=1S/C16H14N2O3S/c1-9-7-11(8-14-15(20)17-16(21)22-14)10(2)18(9)12-3-5-13(19)6-4-12/h3-8,19H,1-2H3,(H,17,20,21)/b14-8-. The van der Waals surface area contributed by atoms with Gasteiger partial charge in [-0.1, -0.05) is 0 Å². The average molecular weight is 314 g/mol. The van der Waals surface area contributed by atoms with Crippen LogP contribution in [-0.4, -0.2) is 20.8 Å². The summed E-state index contributed by atoms with van der Waals surface area (Å²) in [6.07, 6.45) is 1.73. The normalized spacial score (nSPS) is 16.4. The molecule has 3 rings (SSSR count). The van der Waals surface area contributed by atoms with Gasteiger partial charge in [-0.15, -0.1) is 0 Å². The summed E-state index contributed by atoms with van der Waals surface area (Å²) in [7, 11) is 0. The predicted molar refractivity (Wildman–Crippen MR) is 86.0 cm³/mol. The number of aryl methyl sites for hydroxylation is 1. The first kappa shape index (κ1) is 14.5. The molecule has 1 aliphatic heterocycles. The van der Waals surface area contributed by atoms with Crippen molar-refractivity contribution in [1.29, 1.82) is 0 Å². The SMILES string of the molecule is Cc1cc(/C=C2\SC(=O)NC2=O)c(C)n1-c1ccc(O)cc1. The molecule has 1 aromatic heterocycles. The number of nitrogens with one attached hydrogen (secondary N) is 1. The minimum atomic E-state index is -0.357. The number of benzene rings is 1. The molecule has 0 bridgehead atoms. The molecule has 112 valence electrons. The van der Waals surface area contributed by atoms with E-state index in [0.717, 1.165) is 34.4 Å². The molecule has 0 unspecified atom stereocenters. The van der Waals surface area contributed by atoms with Crippen molar-refractivity contribution in [3.05, 3.63) is 52.2 Å². The lowest BCUT2D eigenvalue weighted by Gasteiger charge is -2.09. The van der Waals surface area contributed by atoms with Gasteiger partial charge >= 0.3 is 0 Å². The molecular formula is C16H14N2O3S. The number of aromatic nitrogens is 1. The lowest BCUT2D eigenvalue weighted by atomic mass is 10.2. The minimum absolute atomic E-state index is 0.214. The lowest BCUT2D eigenvalue weighted by molar-refractivity contribution is -0.115. The predicted octanol–water partition coefficient (Wildman–Crippen LogP) is 3.12. The third kappa shape index (κ3) is 2.53. The Kier molecular flexibility index (Phi) is 3.54. The van der Waals surface area contributed by atoms with Gasteiger partial charge in [-0.05, 0) is 67.6 Å². The second kappa shape index (κ2) is 5.38. The molecule has 1 saturated heterocycles. The molecule has 2 heterocycles. The van der Waals surface area contributed by atoms with Crippen molar-refractivity contribution in [2.75, 3.05) is 0 Å². The van der Waals surface area contributed by atoms with Crippen molar-refractivity contribution >= 4 is 29.0 Å². The Morgan fingerprint density at radius 3 is 2.45 bits per heavy atom. The Bertz CT molecular complexity index is 804. The molecule has 2 N–H and O–H groups in total. The van der Waals surface area contributed by atoms with Crippen LogP contribution in [0, 0.1) is 13.8 Å². The summed E-state index contributed by atoms with van der Waals surface area (Å²) in [6, 6.07) is 8.88. The number of aromatic hydroxyl groups is 1. The molecular weight excluding hydrogens is 300 g/mol. The summed E-state index contributed by atoms with van der Waals surface area (Å²) in [5, 5.41) is 11.3. The zero-order chi connectivity index (χ0) is 15.9. The van der Waals surface area contributed by atoms with Gasteiger partial charge in [-0.3, -0.25) is 14.9 Å². The maximum Gasteiger partial charge on any atom is 0.290 e. The highest BCUT2D eigenvalue weighted by Gasteiger charge is 2.25. The highest BCUT2D eigenvalue weighted by atomic mass is 32.2. The fraction of sp³-hybridized carbons (Fsp3) is 0.125. The van der Waals surface area contributed by atoms with Gasteiger partial charge in [0.15, 0.2) is 0 Å². The van der Waals surface area contributed by atoms with Crippen LogP contribution in [0.3, 0.4) is 0 Å². The number of nitrogens with zero attached hydrogens (tertiary/aromatic N) is 1. The van der Waals surface area contributed by atoms with E-state index >= 15 is 0 Å². The second-order valence-electron chi connectivity index (χ2n) is 5.03. The fourth-order valence-electron chi connectivity index (χ4n) is 2.50. The second-order valence-corrected chi connectivity index (χ2v) is 6.05. The monoisotopic (exact) mass is 314 g/mol. The van der Waals surface area contributed by atoms with E-state index in [9.17, 15) is 14.7 Å². The Labute approximate surface area is 131 Å². The van der Waals surface area contributed by atoms with Gasteiger partial charge in [0.05, 0.1) is 4.91 Å². The van der Waals surface area contributed by atoms with Crippen molar-refractivity contribution in [3.8, 4) is 11.4 Å². The van der Waals surface area contributed by atoms with Crippen LogP contribution in [0.2, 0.25) is 0 Å². The van der Waals surface area contributed by atoms with Crippen molar-refractivity contribution in [2.45, 2.75) is 13.8 Å². The van der Waals surface area contributed by atoms with Gasteiger partial charge in [-0.25, -0.2) is 0 Å². The van der Waals surface area contributed by atoms with Crippen LogP contribution in [0.4, 0.5) is 4.79 Å². The number of carbonyl (C=O) groups is 2. The van der Waals surface area contributed by atoms with Crippen LogP contribution in [0.15, 0.2) is 35.2 Å². The van der Waals surface area contributed by atoms with Crippen LogP contribution in [0.1, 0.15) is 17.0 Å². The first-order valence-electron chi connectivity index (χ1n) is 6.69. The summed E-state index contributed by atoms with van der Waals surface area (Å²) >= 11 is 0.909. The molecule has 0 radical (unpaired) electrons. The van der Waals surface area contributed by atoms with Crippen LogP contribution in [-0.2, 0) is 4.79 Å². The highest BCUT2D eigenvalue weighted by molar-refractivity contribution is 8.18. The molecule has 0 saturated carbocycles. The van der Waals surface area contributed by atoms with Crippen LogP contribution in [0.5, 0.6) is 5.75 Å². The summed E-state index contributed by atoms with van der Waals surface area (Å²) in [4.78, 5) is 23.3. The zero-order valence-corrected chi connectivity index (χ0v) is 12.9. The van der Waals surface area contributed by atoms with Gasteiger partial charge in [0, 0.05) is 17.1 Å². The molecule has 1 aliphatic rings. The van der Waals surface area contributed by atoms with E-state index in [1.807, 2.05) is 36.6 Å². The van der Waals surface area contributed by atoms with E-state index in [0.29, 0.717) is 4.91 Å². The third-order valence-corrected chi connectivity index (χ3v) is 4.32. The van der Waals surface area contributed by atoms with Crippen molar-refractivity contribution < 1.29 is 14.7 Å². The molecule has 2 amide bonds.